The molecule has 0 bridgehead atoms. The van der Waals surface area contributed by atoms with E-state index in [0.29, 0.717) is 5.69 Å². The molecule has 0 radical (unpaired) electrons. The Morgan fingerprint density at radius 3 is 2.63 bits per heavy atom. The molecule has 0 aromatic heterocycles. The summed E-state index contributed by atoms with van der Waals surface area (Å²) < 4.78 is 0. The Hall–Kier alpha value is -1.98. The zero-order valence-corrected chi connectivity index (χ0v) is 11.7. The van der Waals surface area contributed by atoms with Crippen molar-refractivity contribution < 1.29 is 4.79 Å². The standard InChI is InChI=1S/C14H15N3OS/c1-10(2)14(18)17-12-5-3-4-6-13(12)19-11(9-16)7-8-15/h3-6,10-11H,7H2,1-2H3,(H,17,18). The maximum atomic E-state index is 11.7. The van der Waals surface area contributed by atoms with Gasteiger partial charge in [0.25, 0.3) is 0 Å². The maximum absolute atomic E-state index is 11.7. The van der Waals surface area contributed by atoms with Crippen molar-refractivity contribution in [2.24, 2.45) is 5.92 Å². The zero-order chi connectivity index (χ0) is 14.3. The average molecular weight is 273 g/mol. The third kappa shape index (κ3) is 4.65. The summed E-state index contributed by atoms with van der Waals surface area (Å²) in [6, 6.07) is 11.4. The molecular weight excluding hydrogens is 258 g/mol. The number of nitrogens with one attached hydrogen (secondary N) is 1. The minimum absolute atomic E-state index is 0.0677. The van der Waals surface area contributed by atoms with Crippen molar-refractivity contribution >= 4 is 23.4 Å². The van der Waals surface area contributed by atoms with Gasteiger partial charge in [0.1, 0.15) is 5.25 Å². The molecular formula is C14H15N3OS. The Bertz CT molecular complexity index is 528. The summed E-state index contributed by atoms with van der Waals surface area (Å²) in [5.74, 6) is -0.175. The summed E-state index contributed by atoms with van der Waals surface area (Å²) >= 11 is 1.30. The maximum Gasteiger partial charge on any atom is 0.226 e. The highest BCUT2D eigenvalue weighted by Gasteiger charge is 2.14. The molecule has 5 heteroatoms. The van der Waals surface area contributed by atoms with Crippen LogP contribution in [-0.2, 0) is 4.79 Å². The molecule has 98 valence electrons. The van der Waals surface area contributed by atoms with Gasteiger partial charge in [0.05, 0.1) is 24.2 Å². The largest absolute Gasteiger partial charge is 0.325 e. The molecule has 1 amide bonds. The monoisotopic (exact) mass is 273 g/mol. The van der Waals surface area contributed by atoms with Crippen LogP contribution in [0.15, 0.2) is 29.2 Å². The summed E-state index contributed by atoms with van der Waals surface area (Å²) in [6.07, 6.45) is 0.160. The number of carbonyl (C=O) groups is 1. The summed E-state index contributed by atoms with van der Waals surface area (Å²) in [7, 11) is 0. The molecule has 0 fully saturated rings. The lowest BCUT2D eigenvalue weighted by Gasteiger charge is -2.13. The Balaban J connectivity index is 2.87. The zero-order valence-electron chi connectivity index (χ0n) is 10.9. The Morgan fingerprint density at radius 2 is 2.05 bits per heavy atom. The van der Waals surface area contributed by atoms with E-state index in [1.54, 1.807) is 6.07 Å². The van der Waals surface area contributed by atoms with E-state index in [1.807, 2.05) is 38.1 Å². The smallest absolute Gasteiger partial charge is 0.226 e. The number of amides is 1. The van der Waals surface area contributed by atoms with Crippen LogP contribution >= 0.6 is 11.8 Å². The van der Waals surface area contributed by atoms with Crippen molar-refractivity contribution in [1.82, 2.24) is 0 Å². The number of hydrogen-bond donors (Lipinski definition) is 1. The van der Waals surface area contributed by atoms with Gasteiger partial charge in [0, 0.05) is 10.8 Å². The first-order valence-corrected chi connectivity index (χ1v) is 6.79. The molecule has 1 aromatic rings. The van der Waals surface area contributed by atoms with Crippen LogP contribution < -0.4 is 5.32 Å². The minimum Gasteiger partial charge on any atom is -0.325 e. The third-order valence-corrected chi connectivity index (χ3v) is 3.53. The number of benzene rings is 1. The Morgan fingerprint density at radius 1 is 1.37 bits per heavy atom. The fourth-order valence-corrected chi connectivity index (χ4v) is 2.22. The second kappa shape index (κ2) is 7.45. The van der Waals surface area contributed by atoms with Crippen LogP contribution in [0, 0.1) is 28.6 Å². The molecule has 1 unspecified atom stereocenters. The van der Waals surface area contributed by atoms with Crippen LogP contribution in [0.1, 0.15) is 20.3 Å². The number of rotatable bonds is 5. The van der Waals surface area contributed by atoms with Crippen LogP contribution in [0.3, 0.4) is 0 Å². The van der Waals surface area contributed by atoms with Crippen LogP contribution in [0.2, 0.25) is 0 Å². The van der Waals surface area contributed by atoms with Gasteiger partial charge in [-0.2, -0.15) is 10.5 Å². The van der Waals surface area contributed by atoms with E-state index in [-0.39, 0.29) is 18.2 Å². The van der Waals surface area contributed by atoms with Gasteiger partial charge in [-0.05, 0) is 12.1 Å². The quantitative estimate of drug-likeness (QED) is 0.836. The lowest BCUT2D eigenvalue weighted by atomic mass is 10.2. The van der Waals surface area contributed by atoms with Gasteiger partial charge in [-0.15, -0.1) is 11.8 Å². The molecule has 0 spiro atoms. The molecule has 0 heterocycles. The van der Waals surface area contributed by atoms with E-state index >= 15 is 0 Å². The number of thioether (sulfide) groups is 1. The first-order valence-electron chi connectivity index (χ1n) is 5.91. The van der Waals surface area contributed by atoms with Crippen molar-refractivity contribution in [3.63, 3.8) is 0 Å². The Labute approximate surface area is 117 Å². The molecule has 19 heavy (non-hydrogen) atoms. The van der Waals surface area contributed by atoms with Gasteiger partial charge in [0.2, 0.25) is 5.91 Å². The number of nitrogens with zero attached hydrogens (tertiary/aromatic N) is 2. The molecule has 1 atom stereocenters. The fraction of sp³-hybridized carbons (Fsp3) is 0.357. The number of nitriles is 2. The highest BCUT2D eigenvalue weighted by Crippen LogP contribution is 2.31. The average Bonchev–Trinajstić information content (AvgIpc) is 2.40. The van der Waals surface area contributed by atoms with Crippen LogP contribution in [0.25, 0.3) is 0 Å². The number of hydrogen-bond acceptors (Lipinski definition) is 4. The molecule has 0 aliphatic rings. The molecule has 1 rings (SSSR count). The van der Waals surface area contributed by atoms with E-state index in [9.17, 15) is 4.79 Å². The van der Waals surface area contributed by atoms with Crippen molar-refractivity contribution in [2.45, 2.75) is 30.4 Å². The lowest BCUT2D eigenvalue weighted by molar-refractivity contribution is -0.118. The van der Waals surface area contributed by atoms with E-state index in [1.165, 1.54) is 11.8 Å². The van der Waals surface area contributed by atoms with E-state index in [0.717, 1.165) is 4.90 Å². The van der Waals surface area contributed by atoms with Crippen molar-refractivity contribution in [1.29, 1.82) is 10.5 Å². The highest BCUT2D eigenvalue weighted by atomic mass is 32.2. The molecule has 1 N–H and O–H groups in total. The number of para-hydroxylation sites is 1. The van der Waals surface area contributed by atoms with Gasteiger partial charge in [-0.3, -0.25) is 4.79 Å². The predicted molar refractivity (Wildman–Crippen MR) is 75.4 cm³/mol. The van der Waals surface area contributed by atoms with Crippen molar-refractivity contribution in [3.05, 3.63) is 24.3 Å². The molecule has 4 nitrogen and oxygen atoms in total. The predicted octanol–water partition coefficient (Wildman–Crippen LogP) is 3.18. The van der Waals surface area contributed by atoms with Crippen molar-refractivity contribution in [3.8, 4) is 12.1 Å². The van der Waals surface area contributed by atoms with Gasteiger partial charge < -0.3 is 5.32 Å². The normalized spacial score (nSPS) is 11.4. The lowest BCUT2D eigenvalue weighted by Crippen LogP contribution is -2.18. The van der Waals surface area contributed by atoms with Gasteiger partial charge in [0.15, 0.2) is 0 Å². The molecule has 0 aliphatic heterocycles. The summed E-state index contributed by atoms with van der Waals surface area (Å²) in [4.78, 5) is 12.5. The van der Waals surface area contributed by atoms with Gasteiger partial charge in [-0.1, -0.05) is 26.0 Å². The number of carbonyl (C=O) groups excluding carboxylic acids is 1. The van der Waals surface area contributed by atoms with Crippen LogP contribution in [0.4, 0.5) is 5.69 Å². The van der Waals surface area contributed by atoms with E-state index < -0.39 is 5.25 Å². The van der Waals surface area contributed by atoms with Crippen molar-refractivity contribution in [2.75, 3.05) is 5.32 Å². The molecule has 1 aromatic carbocycles. The molecule has 0 saturated heterocycles. The van der Waals surface area contributed by atoms with Crippen LogP contribution in [-0.4, -0.2) is 11.2 Å². The summed E-state index contributed by atoms with van der Waals surface area (Å²) in [5, 5.41) is 20.0. The van der Waals surface area contributed by atoms with E-state index in [4.69, 9.17) is 10.5 Å². The first kappa shape index (κ1) is 15.1. The van der Waals surface area contributed by atoms with Gasteiger partial charge >= 0.3 is 0 Å². The van der Waals surface area contributed by atoms with E-state index in [2.05, 4.69) is 11.4 Å². The summed E-state index contributed by atoms with van der Waals surface area (Å²) in [6.45, 7) is 3.64. The second-order valence-electron chi connectivity index (χ2n) is 4.24. The highest BCUT2D eigenvalue weighted by molar-refractivity contribution is 8.00. The second-order valence-corrected chi connectivity index (χ2v) is 5.48. The third-order valence-electron chi connectivity index (χ3n) is 2.36. The van der Waals surface area contributed by atoms with Crippen LogP contribution in [0.5, 0.6) is 0 Å². The topological polar surface area (TPSA) is 76.7 Å². The Kier molecular flexibility index (Phi) is 5.92. The SMILES string of the molecule is CC(C)C(=O)Nc1ccccc1SC(C#N)CC#N. The first-order chi connectivity index (χ1) is 9.08. The molecule has 0 aliphatic carbocycles. The summed E-state index contributed by atoms with van der Waals surface area (Å²) in [5.41, 5.74) is 0.685. The number of anilines is 1. The minimum atomic E-state index is -0.429. The van der Waals surface area contributed by atoms with Gasteiger partial charge in [-0.25, -0.2) is 0 Å². The molecule has 0 saturated carbocycles. The fourth-order valence-electron chi connectivity index (χ4n) is 1.30.